The molecule has 2 atom stereocenters. The molecule has 5 nitrogen and oxygen atoms in total. The molecular weight excluding hydrogens is 292 g/mol. The molecule has 0 spiro atoms. The summed E-state index contributed by atoms with van der Waals surface area (Å²) in [7, 11) is 0. The summed E-state index contributed by atoms with van der Waals surface area (Å²) in [5.74, 6) is 0.0400. The van der Waals surface area contributed by atoms with Gasteiger partial charge in [-0.15, -0.1) is 0 Å². The zero-order chi connectivity index (χ0) is 16.2. The molecule has 1 aromatic carbocycles. The minimum atomic E-state index is -0.0833. The van der Waals surface area contributed by atoms with Crippen molar-refractivity contribution in [3.8, 4) is 0 Å². The number of hydrogen-bond acceptors (Lipinski definition) is 4. The number of ether oxygens (including phenoxy) is 1. The van der Waals surface area contributed by atoms with Crippen LogP contribution in [0.1, 0.15) is 36.0 Å². The number of oxime groups is 1. The summed E-state index contributed by atoms with van der Waals surface area (Å²) in [6.07, 6.45) is 2.50. The van der Waals surface area contributed by atoms with Crippen LogP contribution in [0.2, 0.25) is 0 Å². The smallest absolute Gasteiger partial charge is 0.225 e. The SMILES string of the molecule is Cc1ccc(C2=NO[C@@H](CNC(=O)[C@H]3CCCOC3)C2)cc1C. The summed E-state index contributed by atoms with van der Waals surface area (Å²) in [5.41, 5.74) is 4.57. The summed E-state index contributed by atoms with van der Waals surface area (Å²) in [5, 5.41) is 7.16. The number of nitrogens with zero attached hydrogens (tertiary/aromatic N) is 1. The summed E-state index contributed by atoms with van der Waals surface area (Å²) in [6, 6.07) is 6.31. The number of hydrogen-bond donors (Lipinski definition) is 1. The molecule has 124 valence electrons. The predicted octanol–water partition coefficient (Wildman–Crippen LogP) is 2.34. The first kappa shape index (κ1) is 16.0. The number of rotatable bonds is 4. The van der Waals surface area contributed by atoms with Crippen LogP contribution in [0.5, 0.6) is 0 Å². The molecule has 3 rings (SSSR count). The van der Waals surface area contributed by atoms with Crippen molar-refractivity contribution < 1.29 is 14.4 Å². The van der Waals surface area contributed by atoms with Gasteiger partial charge in [0.25, 0.3) is 0 Å². The maximum atomic E-state index is 12.1. The van der Waals surface area contributed by atoms with Crippen molar-refractivity contribution in [1.82, 2.24) is 5.32 Å². The van der Waals surface area contributed by atoms with Crippen LogP contribution in [0.4, 0.5) is 0 Å². The van der Waals surface area contributed by atoms with E-state index in [-0.39, 0.29) is 17.9 Å². The molecule has 1 fully saturated rings. The molecule has 1 aromatic rings. The number of carbonyl (C=O) groups excluding carboxylic acids is 1. The highest BCUT2D eigenvalue weighted by Gasteiger charge is 2.26. The first-order valence-corrected chi connectivity index (χ1v) is 8.29. The molecule has 1 saturated heterocycles. The Labute approximate surface area is 137 Å². The molecule has 1 N–H and O–H groups in total. The number of carbonyl (C=O) groups is 1. The van der Waals surface area contributed by atoms with Crippen LogP contribution < -0.4 is 5.32 Å². The van der Waals surface area contributed by atoms with Gasteiger partial charge in [-0.05, 0) is 49.4 Å². The third-order valence-electron chi connectivity index (χ3n) is 4.61. The molecule has 2 heterocycles. The molecule has 0 saturated carbocycles. The molecule has 2 aliphatic rings. The Bertz CT molecular complexity index is 606. The van der Waals surface area contributed by atoms with Gasteiger partial charge in [-0.2, -0.15) is 0 Å². The lowest BCUT2D eigenvalue weighted by Crippen LogP contribution is -2.39. The van der Waals surface area contributed by atoms with Crippen LogP contribution in [0.15, 0.2) is 23.4 Å². The van der Waals surface area contributed by atoms with Gasteiger partial charge < -0.3 is 14.9 Å². The van der Waals surface area contributed by atoms with Gasteiger partial charge in [-0.3, -0.25) is 4.79 Å². The highest BCUT2D eigenvalue weighted by molar-refractivity contribution is 6.01. The monoisotopic (exact) mass is 316 g/mol. The third-order valence-corrected chi connectivity index (χ3v) is 4.61. The average Bonchev–Trinajstić information content (AvgIpc) is 3.05. The predicted molar refractivity (Wildman–Crippen MR) is 88.5 cm³/mol. The maximum Gasteiger partial charge on any atom is 0.225 e. The maximum absolute atomic E-state index is 12.1. The number of aryl methyl sites for hydroxylation is 2. The molecule has 5 heteroatoms. The molecule has 23 heavy (non-hydrogen) atoms. The second kappa shape index (κ2) is 7.13. The van der Waals surface area contributed by atoms with Crippen molar-refractivity contribution in [2.45, 2.75) is 39.2 Å². The Hall–Kier alpha value is -1.88. The Morgan fingerprint density at radius 2 is 2.22 bits per heavy atom. The molecule has 0 bridgehead atoms. The summed E-state index contributed by atoms with van der Waals surface area (Å²) < 4.78 is 5.36. The molecule has 2 aliphatic heterocycles. The van der Waals surface area contributed by atoms with Crippen molar-refractivity contribution in [2.24, 2.45) is 11.1 Å². The number of nitrogens with one attached hydrogen (secondary N) is 1. The van der Waals surface area contributed by atoms with Gasteiger partial charge in [0.05, 0.1) is 24.8 Å². The third kappa shape index (κ3) is 3.91. The van der Waals surface area contributed by atoms with Crippen molar-refractivity contribution in [2.75, 3.05) is 19.8 Å². The quantitative estimate of drug-likeness (QED) is 0.927. The minimum absolute atomic E-state index is 0.0229. The van der Waals surface area contributed by atoms with Crippen molar-refractivity contribution in [3.05, 3.63) is 34.9 Å². The van der Waals surface area contributed by atoms with Crippen LogP contribution in [0, 0.1) is 19.8 Å². The second-order valence-corrected chi connectivity index (χ2v) is 6.43. The van der Waals surface area contributed by atoms with Gasteiger partial charge in [-0.25, -0.2) is 0 Å². The highest BCUT2D eigenvalue weighted by atomic mass is 16.6. The molecule has 0 unspecified atom stereocenters. The van der Waals surface area contributed by atoms with Gasteiger partial charge in [0.15, 0.2) is 0 Å². The van der Waals surface area contributed by atoms with Gasteiger partial charge >= 0.3 is 0 Å². The normalized spacial score (nSPS) is 24.0. The van der Waals surface area contributed by atoms with E-state index >= 15 is 0 Å². The van der Waals surface area contributed by atoms with Crippen LogP contribution in [-0.2, 0) is 14.4 Å². The minimum Gasteiger partial charge on any atom is -0.390 e. The molecule has 0 radical (unpaired) electrons. The van der Waals surface area contributed by atoms with Gasteiger partial charge in [0, 0.05) is 13.0 Å². The van der Waals surface area contributed by atoms with E-state index in [1.165, 1.54) is 11.1 Å². The van der Waals surface area contributed by atoms with Crippen molar-refractivity contribution in [3.63, 3.8) is 0 Å². The largest absolute Gasteiger partial charge is 0.390 e. The van der Waals surface area contributed by atoms with E-state index in [0.717, 1.165) is 37.1 Å². The fourth-order valence-electron chi connectivity index (χ4n) is 2.94. The number of benzene rings is 1. The summed E-state index contributed by atoms with van der Waals surface area (Å²) in [6.45, 7) is 5.98. The van der Waals surface area contributed by atoms with Gasteiger partial charge in [-0.1, -0.05) is 17.3 Å². The van der Waals surface area contributed by atoms with Crippen LogP contribution in [0.3, 0.4) is 0 Å². The summed E-state index contributed by atoms with van der Waals surface area (Å²) >= 11 is 0. The Kier molecular flexibility index (Phi) is 4.96. The van der Waals surface area contributed by atoms with E-state index in [9.17, 15) is 4.79 Å². The Morgan fingerprint density at radius 1 is 1.35 bits per heavy atom. The Balaban J connectivity index is 1.49. The molecule has 1 amide bonds. The molecule has 0 aliphatic carbocycles. The highest BCUT2D eigenvalue weighted by Crippen LogP contribution is 2.19. The lowest BCUT2D eigenvalue weighted by Gasteiger charge is -2.21. The fourth-order valence-corrected chi connectivity index (χ4v) is 2.94. The van der Waals surface area contributed by atoms with E-state index in [1.54, 1.807) is 0 Å². The zero-order valence-corrected chi connectivity index (χ0v) is 13.8. The number of amides is 1. The van der Waals surface area contributed by atoms with E-state index in [0.29, 0.717) is 13.2 Å². The van der Waals surface area contributed by atoms with Crippen LogP contribution in [-0.4, -0.2) is 37.5 Å². The first-order valence-electron chi connectivity index (χ1n) is 8.29. The van der Waals surface area contributed by atoms with Crippen molar-refractivity contribution in [1.29, 1.82) is 0 Å². The van der Waals surface area contributed by atoms with E-state index in [1.807, 2.05) is 0 Å². The first-order chi connectivity index (χ1) is 11.1. The Morgan fingerprint density at radius 3 is 2.96 bits per heavy atom. The topological polar surface area (TPSA) is 59.9 Å². The second-order valence-electron chi connectivity index (χ2n) is 6.43. The lowest BCUT2D eigenvalue weighted by atomic mass is 9.99. The van der Waals surface area contributed by atoms with Gasteiger partial charge in [0.1, 0.15) is 6.10 Å². The molecule has 0 aromatic heterocycles. The molecular formula is C18H24N2O3. The standard InChI is InChI=1S/C18H24N2O3/c1-12-5-6-14(8-13(12)2)17-9-16(23-20-17)10-19-18(21)15-4-3-7-22-11-15/h5-6,8,15-16H,3-4,7,9-11H2,1-2H3,(H,19,21)/t15-,16+/m0/s1. The lowest BCUT2D eigenvalue weighted by molar-refractivity contribution is -0.129. The fraction of sp³-hybridized carbons (Fsp3) is 0.556. The van der Waals surface area contributed by atoms with E-state index in [4.69, 9.17) is 9.57 Å². The van der Waals surface area contributed by atoms with Crippen LogP contribution >= 0.6 is 0 Å². The average molecular weight is 316 g/mol. The zero-order valence-electron chi connectivity index (χ0n) is 13.8. The van der Waals surface area contributed by atoms with Crippen LogP contribution in [0.25, 0.3) is 0 Å². The van der Waals surface area contributed by atoms with Gasteiger partial charge in [0.2, 0.25) is 5.91 Å². The van der Waals surface area contributed by atoms with E-state index in [2.05, 4.69) is 42.5 Å². The van der Waals surface area contributed by atoms with Crippen molar-refractivity contribution >= 4 is 11.6 Å². The summed E-state index contributed by atoms with van der Waals surface area (Å²) in [4.78, 5) is 17.6. The van der Waals surface area contributed by atoms with E-state index < -0.39 is 0 Å².